The zero-order valence-corrected chi connectivity index (χ0v) is 54.9. The molecule has 10 heteroatoms. The molecule has 0 bridgehead atoms. The molecule has 1 amide bonds. The number of ether oxygens (including phenoxy) is 1. The molecular weight excluding hydrogens is 1010 g/mol. The Bertz CT molecular complexity index is 1460. The van der Waals surface area contributed by atoms with E-state index in [9.17, 15) is 19.0 Å². The number of hydrogen-bond donors (Lipinski definition) is 1. The molecule has 1 N–H and O–H groups in total. The summed E-state index contributed by atoms with van der Waals surface area (Å²) in [7, 11) is 1.20. The van der Waals surface area contributed by atoms with Crippen LogP contribution >= 0.6 is 7.82 Å². The number of nitrogens with zero attached hydrogens (tertiary/aromatic N) is 1. The lowest BCUT2D eigenvalue weighted by molar-refractivity contribution is -0.870. The molecule has 80 heavy (non-hydrogen) atoms. The van der Waals surface area contributed by atoms with Crippen LogP contribution in [0, 0.1) is 0 Å². The number of rotatable bonds is 64. The van der Waals surface area contributed by atoms with Crippen molar-refractivity contribution in [3.05, 3.63) is 36.5 Å². The molecule has 3 atom stereocenters. The van der Waals surface area contributed by atoms with Gasteiger partial charge in [0.1, 0.15) is 19.3 Å². The Kier molecular flexibility index (Phi) is 59.0. The third-order valence-electron chi connectivity index (χ3n) is 15.8. The average Bonchev–Trinajstić information content (AvgIpc) is 3.42. The quantitative estimate of drug-likeness (QED) is 0.0212. The number of nitrogens with one attached hydrogen (secondary N) is 1. The monoisotopic (exact) mass is 1150 g/mol. The number of quaternary nitrogens is 1. The summed E-state index contributed by atoms with van der Waals surface area (Å²) in [5.41, 5.74) is 0. The number of amides is 1. The molecule has 0 spiro atoms. The Balaban J connectivity index is 5.09. The van der Waals surface area contributed by atoms with Crippen LogP contribution in [0.4, 0.5) is 0 Å². The van der Waals surface area contributed by atoms with E-state index in [-0.39, 0.29) is 31.5 Å². The van der Waals surface area contributed by atoms with Gasteiger partial charge in [0.05, 0.1) is 33.8 Å². The number of unbranched alkanes of at least 4 members (excludes halogenated alkanes) is 44. The molecule has 472 valence electrons. The van der Waals surface area contributed by atoms with Gasteiger partial charge in [-0.3, -0.25) is 14.2 Å². The molecule has 0 heterocycles. The van der Waals surface area contributed by atoms with Crippen molar-refractivity contribution >= 4 is 19.7 Å². The van der Waals surface area contributed by atoms with Gasteiger partial charge in [0, 0.05) is 12.8 Å². The Hall–Kier alpha value is -1.77. The third-order valence-corrected chi connectivity index (χ3v) is 16.8. The van der Waals surface area contributed by atoms with Gasteiger partial charge in [-0.1, -0.05) is 308 Å². The molecule has 0 saturated heterocycles. The summed E-state index contributed by atoms with van der Waals surface area (Å²) >= 11 is 0. The second-order valence-corrected chi connectivity index (χ2v) is 26.5. The number of likely N-dealkylation sites (N-methyl/N-ethyl adjacent to an activating group) is 1. The van der Waals surface area contributed by atoms with Gasteiger partial charge >= 0.3 is 5.97 Å². The van der Waals surface area contributed by atoms with E-state index in [1.165, 1.54) is 250 Å². The molecule has 0 rings (SSSR count). The topological polar surface area (TPSA) is 114 Å². The summed E-state index contributed by atoms with van der Waals surface area (Å²) in [5.74, 6) is -0.524. The summed E-state index contributed by atoms with van der Waals surface area (Å²) in [5, 5.41) is 3.05. The summed E-state index contributed by atoms with van der Waals surface area (Å²) in [6, 6.07) is -0.885. The van der Waals surface area contributed by atoms with Crippen LogP contribution in [0.25, 0.3) is 0 Å². The molecule has 0 saturated carbocycles. The zero-order valence-electron chi connectivity index (χ0n) is 54.1. The smallest absolute Gasteiger partial charge is 0.306 e. The number of carbonyl (C=O) groups excluding carboxylic acids is 2. The highest BCUT2D eigenvalue weighted by Crippen LogP contribution is 2.38. The van der Waals surface area contributed by atoms with Crippen LogP contribution in [0.3, 0.4) is 0 Å². The molecule has 0 aliphatic rings. The summed E-state index contributed by atoms with van der Waals surface area (Å²) in [6.07, 6.45) is 74.0. The fourth-order valence-corrected chi connectivity index (χ4v) is 11.2. The Labute approximate surface area is 497 Å². The highest BCUT2D eigenvalue weighted by atomic mass is 31.2. The maximum absolute atomic E-state index is 13.6. The zero-order chi connectivity index (χ0) is 58.6. The van der Waals surface area contributed by atoms with Crippen LogP contribution in [0.5, 0.6) is 0 Å². The number of phosphoric acid groups is 1. The first-order valence-corrected chi connectivity index (χ1v) is 36.3. The second kappa shape index (κ2) is 60.4. The number of phosphoric ester groups is 1. The van der Waals surface area contributed by atoms with E-state index in [2.05, 4.69) is 50.4 Å². The van der Waals surface area contributed by atoms with Gasteiger partial charge < -0.3 is 28.5 Å². The van der Waals surface area contributed by atoms with Gasteiger partial charge in [0.15, 0.2) is 0 Å². The highest BCUT2D eigenvalue weighted by molar-refractivity contribution is 7.45. The molecule has 0 aromatic rings. The van der Waals surface area contributed by atoms with E-state index < -0.39 is 20.0 Å². The van der Waals surface area contributed by atoms with E-state index in [1.54, 1.807) is 0 Å². The number of carbonyl (C=O) groups is 2. The minimum Gasteiger partial charge on any atom is -0.756 e. The molecular formula is C70H135N2O7P. The van der Waals surface area contributed by atoms with Crippen molar-refractivity contribution in [2.45, 2.75) is 360 Å². The second-order valence-electron chi connectivity index (χ2n) is 25.0. The Morgan fingerprint density at radius 2 is 0.762 bits per heavy atom. The fourth-order valence-electron chi connectivity index (χ4n) is 10.4. The first-order valence-electron chi connectivity index (χ1n) is 34.8. The van der Waals surface area contributed by atoms with Gasteiger partial charge in [0.25, 0.3) is 7.82 Å². The van der Waals surface area contributed by atoms with Crippen LogP contribution in [0.1, 0.15) is 348 Å². The largest absolute Gasteiger partial charge is 0.756 e. The molecule has 9 nitrogen and oxygen atoms in total. The lowest BCUT2D eigenvalue weighted by atomic mass is 10.0. The summed E-state index contributed by atoms with van der Waals surface area (Å²) in [6.45, 7) is 6.88. The van der Waals surface area contributed by atoms with Crippen LogP contribution in [-0.4, -0.2) is 69.4 Å². The lowest BCUT2D eigenvalue weighted by Gasteiger charge is -2.30. The van der Waals surface area contributed by atoms with E-state index in [1.807, 2.05) is 33.3 Å². The van der Waals surface area contributed by atoms with E-state index >= 15 is 0 Å². The van der Waals surface area contributed by atoms with Crippen molar-refractivity contribution in [2.75, 3.05) is 40.9 Å². The van der Waals surface area contributed by atoms with Gasteiger partial charge in [0.2, 0.25) is 5.91 Å². The number of hydrogen-bond acceptors (Lipinski definition) is 7. The SMILES string of the molecule is CCCCC/C=C\C/C=C\CCCCCCCCCCCCCC(=O)OC(/C=C/CCCCCCCCCCCC)C(COP(=O)([O-])OCC[N+](C)(C)C)NC(=O)CCCCCCCCCCCCCCCCCCCCCCC. The molecule has 0 fully saturated rings. The van der Waals surface area contributed by atoms with E-state index in [0.717, 1.165) is 64.2 Å². The van der Waals surface area contributed by atoms with Crippen LogP contribution in [0.15, 0.2) is 36.5 Å². The van der Waals surface area contributed by atoms with Gasteiger partial charge in [-0.05, 0) is 63.9 Å². The maximum atomic E-state index is 13.6. The van der Waals surface area contributed by atoms with Gasteiger partial charge in [-0.25, -0.2) is 0 Å². The van der Waals surface area contributed by atoms with Crippen molar-refractivity contribution in [2.24, 2.45) is 0 Å². The van der Waals surface area contributed by atoms with Crippen molar-refractivity contribution in [1.82, 2.24) is 5.32 Å². The molecule has 0 radical (unpaired) electrons. The summed E-state index contributed by atoms with van der Waals surface area (Å²) < 4.78 is 30.4. The van der Waals surface area contributed by atoms with Crippen molar-refractivity contribution in [3.63, 3.8) is 0 Å². The van der Waals surface area contributed by atoms with Crippen LogP contribution < -0.4 is 10.2 Å². The lowest BCUT2D eigenvalue weighted by Crippen LogP contribution is -2.47. The molecule has 0 aliphatic heterocycles. The van der Waals surface area contributed by atoms with Crippen molar-refractivity contribution in [1.29, 1.82) is 0 Å². The first kappa shape index (κ1) is 78.2. The van der Waals surface area contributed by atoms with Crippen LogP contribution in [-0.2, 0) is 27.9 Å². The number of allylic oxidation sites excluding steroid dienone is 5. The van der Waals surface area contributed by atoms with Crippen LogP contribution in [0.2, 0.25) is 0 Å². The molecule has 0 aromatic carbocycles. The first-order chi connectivity index (χ1) is 38.9. The minimum absolute atomic E-state index is 0.0196. The van der Waals surface area contributed by atoms with Gasteiger partial charge in [-0.2, -0.15) is 0 Å². The van der Waals surface area contributed by atoms with Crippen molar-refractivity contribution < 1.29 is 37.3 Å². The maximum Gasteiger partial charge on any atom is 0.306 e. The molecule has 0 aromatic heterocycles. The Morgan fingerprint density at radius 1 is 0.438 bits per heavy atom. The predicted molar refractivity (Wildman–Crippen MR) is 344 cm³/mol. The predicted octanol–water partition coefficient (Wildman–Crippen LogP) is 21.2. The molecule has 0 aliphatic carbocycles. The Morgan fingerprint density at radius 3 is 1.15 bits per heavy atom. The molecule has 3 unspecified atom stereocenters. The highest BCUT2D eigenvalue weighted by Gasteiger charge is 2.27. The van der Waals surface area contributed by atoms with Gasteiger partial charge in [-0.15, -0.1) is 0 Å². The van der Waals surface area contributed by atoms with E-state index in [4.69, 9.17) is 13.8 Å². The van der Waals surface area contributed by atoms with Crippen molar-refractivity contribution in [3.8, 4) is 0 Å². The summed E-state index contributed by atoms with van der Waals surface area (Å²) in [4.78, 5) is 40.1. The standard InChI is InChI=1S/C70H135N2O7P/c1-7-10-13-16-19-22-25-28-30-32-34-36-38-40-42-44-47-50-53-56-59-62-69(73)71-67(66-78-80(75,76)77-65-64-72(4,5)6)68(61-58-55-52-49-46-27-24-21-18-15-12-9-3)79-70(74)63-60-57-54-51-48-45-43-41-39-37-35-33-31-29-26-23-20-17-14-11-8-2/h20,23,29,31,58,61,67-68H,7-19,21-22,24-28,30,32-57,59-60,62-66H2,1-6H3,(H-,71,73,75,76)/b23-20-,31-29-,61-58+. The number of esters is 1. The fraction of sp³-hybridized carbons (Fsp3) is 0.886. The van der Waals surface area contributed by atoms with E-state index in [0.29, 0.717) is 17.4 Å². The normalized spacial score (nSPS) is 13.7. The average molecular weight is 1150 g/mol. The third kappa shape index (κ3) is 60.8. The minimum atomic E-state index is -4.70.